The zero-order chi connectivity index (χ0) is 13.5. The van der Waals surface area contributed by atoms with Crippen LogP contribution in [0.3, 0.4) is 0 Å². The van der Waals surface area contributed by atoms with Crippen molar-refractivity contribution < 1.29 is 9.26 Å². The molecule has 0 spiro atoms. The van der Waals surface area contributed by atoms with Gasteiger partial charge in [-0.3, -0.25) is 0 Å². The Labute approximate surface area is 115 Å². The second kappa shape index (κ2) is 7.60. The number of nitrogens with zero attached hydrogens (tertiary/aromatic N) is 2. The summed E-state index contributed by atoms with van der Waals surface area (Å²) in [6.45, 7) is 4.41. The van der Waals surface area contributed by atoms with Crippen molar-refractivity contribution in [3.8, 4) is 0 Å². The first kappa shape index (κ1) is 14.5. The fraction of sp³-hybridized carbons (Fsp3) is 0.857. The zero-order valence-electron chi connectivity index (χ0n) is 12.0. The Balaban J connectivity index is 1.82. The second-order valence-corrected chi connectivity index (χ2v) is 5.31. The number of aryl methyl sites for hydroxylation is 1. The van der Waals surface area contributed by atoms with Gasteiger partial charge in [-0.25, -0.2) is 0 Å². The molecule has 1 fully saturated rings. The van der Waals surface area contributed by atoms with Crippen LogP contribution in [0, 0.1) is 5.92 Å². The molecule has 2 unspecified atom stereocenters. The highest BCUT2D eigenvalue weighted by atomic mass is 16.5. The molecule has 0 radical (unpaired) electrons. The van der Waals surface area contributed by atoms with E-state index in [-0.39, 0.29) is 6.10 Å². The van der Waals surface area contributed by atoms with Crippen molar-refractivity contribution in [1.29, 1.82) is 0 Å². The number of methoxy groups -OCH3 is 1. The topological polar surface area (TPSA) is 60.2 Å². The van der Waals surface area contributed by atoms with Crippen molar-refractivity contribution >= 4 is 0 Å². The minimum Gasteiger partial charge on any atom is -0.373 e. The summed E-state index contributed by atoms with van der Waals surface area (Å²) in [4.78, 5) is 4.46. The molecule has 19 heavy (non-hydrogen) atoms. The number of nitrogens with one attached hydrogen (secondary N) is 1. The van der Waals surface area contributed by atoms with Gasteiger partial charge in [0.15, 0.2) is 0 Å². The summed E-state index contributed by atoms with van der Waals surface area (Å²) >= 11 is 0. The molecule has 1 aliphatic rings. The summed E-state index contributed by atoms with van der Waals surface area (Å²) in [5, 5.41) is 7.48. The van der Waals surface area contributed by atoms with Gasteiger partial charge in [0.25, 0.3) is 0 Å². The molecule has 0 aromatic carbocycles. The Kier molecular flexibility index (Phi) is 5.79. The van der Waals surface area contributed by atoms with E-state index in [1.165, 1.54) is 12.8 Å². The number of ether oxygens (including phenoxy) is 1. The summed E-state index contributed by atoms with van der Waals surface area (Å²) in [5.74, 6) is 2.19. The quantitative estimate of drug-likeness (QED) is 0.822. The molecule has 1 N–H and O–H groups in total. The lowest BCUT2D eigenvalue weighted by Gasteiger charge is -2.21. The van der Waals surface area contributed by atoms with E-state index in [2.05, 4.69) is 22.4 Å². The fourth-order valence-corrected chi connectivity index (χ4v) is 2.61. The Morgan fingerprint density at radius 2 is 2.42 bits per heavy atom. The number of aromatic nitrogens is 2. The number of piperidine rings is 1. The molecule has 5 heteroatoms. The van der Waals surface area contributed by atoms with E-state index in [0.717, 1.165) is 50.6 Å². The molecule has 5 nitrogen and oxygen atoms in total. The number of hydrogen-bond acceptors (Lipinski definition) is 5. The first-order valence-electron chi connectivity index (χ1n) is 7.39. The zero-order valence-corrected chi connectivity index (χ0v) is 12.0. The molecule has 1 aromatic rings. The molecule has 1 saturated heterocycles. The minimum absolute atomic E-state index is 0.0288. The van der Waals surface area contributed by atoms with Gasteiger partial charge in [0, 0.05) is 13.5 Å². The predicted octanol–water partition coefficient (Wildman–Crippen LogP) is 2.49. The van der Waals surface area contributed by atoms with Gasteiger partial charge in [0.1, 0.15) is 6.10 Å². The van der Waals surface area contributed by atoms with Crippen LogP contribution in [0.15, 0.2) is 4.52 Å². The molecule has 0 saturated carbocycles. The Morgan fingerprint density at radius 1 is 1.53 bits per heavy atom. The van der Waals surface area contributed by atoms with Crippen molar-refractivity contribution in [2.75, 3.05) is 20.2 Å². The molecule has 2 rings (SSSR count). The van der Waals surface area contributed by atoms with Gasteiger partial charge in [-0.15, -0.1) is 0 Å². The Hall–Kier alpha value is -0.940. The highest BCUT2D eigenvalue weighted by molar-refractivity contribution is 4.92. The van der Waals surface area contributed by atoms with Crippen molar-refractivity contribution in [2.45, 2.75) is 51.6 Å². The molecule has 2 atom stereocenters. The lowest BCUT2D eigenvalue weighted by molar-refractivity contribution is 0.0854. The molecular formula is C14H25N3O2. The Bertz CT molecular complexity index is 361. The van der Waals surface area contributed by atoms with Gasteiger partial charge in [0.05, 0.1) is 0 Å². The van der Waals surface area contributed by atoms with Crippen molar-refractivity contribution in [2.24, 2.45) is 5.92 Å². The van der Waals surface area contributed by atoms with Crippen LogP contribution in [0.1, 0.15) is 56.8 Å². The average molecular weight is 267 g/mol. The number of hydrogen-bond donors (Lipinski definition) is 1. The van der Waals surface area contributed by atoms with Crippen LogP contribution in [0.2, 0.25) is 0 Å². The van der Waals surface area contributed by atoms with Gasteiger partial charge in [-0.05, 0) is 44.7 Å². The summed E-state index contributed by atoms with van der Waals surface area (Å²) in [6.07, 6.45) is 6.55. The van der Waals surface area contributed by atoms with E-state index in [1.807, 2.05) is 0 Å². The molecular weight excluding hydrogens is 242 g/mol. The van der Waals surface area contributed by atoms with Gasteiger partial charge in [-0.1, -0.05) is 18.5 Å². The van der Waals surface area contributed by atoms with Crippen molar-refractivity contribution in [3.05, 3.63) is 11.7 Å². The maximum atomic E-state index is 5.39. The van der Waals surface area contributed by atoms with Crippen LogP contribution >= 0.6 is 0 Å². The summed E-state index contributed by atoms with van der Waals surface area (Å²) < 4.78 is 10.7. The van der Waals surface area contributed by atoms with Crippen LogP contribution in [0.5, 0.6) is 0 Å². The monoisotopic (exact) mass is 267 g/mol. The summed E-state index contributed by atoms with van der Waals surface area (Å²) in [6, 6.07) is 0. The minimum atomic E-state index is -0.0288. The smallest absolute Gasteiger partial charge is 0.226 e. The molecule has 2 heterocycles. The summed E-state index contributed by atoms with van der Waals surface area (Å²) in [7, 11) is 1.70. The molecule has 1 aliphatic heterocycles. The highest BCUT2D eigenvalue weighted by Crippen LogP contribution is 2.21. The van der Waals surface area contributed by atoms with Crippen molar-refractivity contribution in [3.63, 3.8) is 0 Å². The third-order valence-corrected chi connectivity index (χ3v) is 3.77. The van der Waals surface area contributed by atoms with E-state index in [1.54, 1.807) is 7.11 Å². The van der Waals surface area contributed by atoms with Crippen molar-refractivity contribution in [1.82, 2.24) is 15.5 Å². The van der Waals surface area contributed by atoms with E-state index < -0.39 is 0 Å². The highest BCUT2D eigenvalue weighted by Gasteiger charge is 2.18. The Morgan fingerprint density at radius 3 is 3.11 bits per heavy atom. The van der Waals surface area contributed by atoms with Gasteiger partial charge in [-0.2, -0.15) is 4.98 Å². The largest absolute Gasteiger partial charge is 0.373 e. The van der Waals surface area contributed by atoms with E-state index in [9.17, 15) is 0 Å². The number of rotatable bonds is 7. The van der Waals surface area contributed by atoms with Crippen LogP contribution in [-0.4, -0.2) is 30.3 Å². The standard InChI is InChI=1S/C14H25N3O2/c1-3-5-12(18-2)14-16-13(19-17-14)8-7-11-6-4-9-15-10-11/h11-12,15H,3-10H2,1-2H3. The maximum absolute atomic E-state index is 5.39. The van der Waals surface area contributed by atoms with Crippen LogP contribution < -0.4 is 5.32 Å². The first-order chi connectivity index (χ1) is 9.33. The molecule has 0 amide bonds. The first-order valence-corrected chi connectivity index (χ1v) is 7.39. The third kappa shape index (κ3) is 4.28. The lowest BCUT2D eigenvalue weighted by atomic mass is 9.95. The molecule has 108 valence electrons. The molecule has 1 aromatic heterocycles. The fourth-order valence-electron chi connectivity index (χ4n) is 2.61. The third-order valence-electron chi connectivity index (χ3n) is 3.77. The molecule has 0 bridgehead atoms. The van der Waals surface area contributed by atoms with Crippen LogP contribution in [-0.2, 0) is 11.2 Å². The van der Waals surface area contributed by atoms with E-state index >= 15 is 0 Å². The molecule has 0 aliphatic carbocycles. The van der Waals surface area contributed by atoms with Gasteiger partial charge >= 0.3 is 0 Å². The SMILES string of the molecule is CCCC(OC)c1noc(CCC2CCCNC2)n1. The normalized spacial score (nSPS) is 21.5. The van der Waals surface area contributed by atoms with Gasteiger partial charge in [0.2, 0.25) is 11.7 Å². The summed E-state index contributed by atoms with van der Waals surface area (Å²) in [5.41, 5.74) is 0. The van der Waals surface area contributed by atoms with E-state index in [0.29, 0.717) is 5.82 Å². The second-order valence-electron chi connectivity index (χ2n) is 5.31. The van der Waals surface area contributed by atoms with Crippen LogP contribution in [0.25, 0.3) is 0 Å². The van der Waals surface area contributed by atoms with Crippen LogP contribution in [0.4, 0.5) is 0 Å². The van der Waals surface area contributed by atoms with E-state index in [4.69, 9.17) is 9.26 Å². The average Bonchev–Trinajstić information content (AvgIpc) is 2.92. The predicted molar refractivity (Wildman–Crippen MR) is 72.9 cm³/mol. The van der Waals surface area contributed by atoms with Gasteiger partial charge < -0.3 is 14.6 Å². The maximum Gasteiger partial charge on any atom is 0.226 e. The lowest BCUT2D eigenvalue weighted by Crippen LogP contribution is -2.29.